The van der Waals surface area contributed by atoms with Crippen molar-refractivity contribution < 1.29 is 4.74 Å². The Labute approximate surface area is 128 Å². The van der Waals surface area contributed by atoms with Gasteiger partial charge in [0.15, 0.2) is 0 Å². The summed E-state index contributed by atoms with van der Waals surface area (Å²) in [7, 11) is 1.99. The smallest absolute Gasteiger partial charge is 0.127 e. The topological polar surface area (TPSA) is 21.3 Å². The van der Waals surface area contributed by atoms with Gasteiger partial charge in [0.1, 0.15) is 5.75 Å². The highest BCUT2D eigenvalue weighted by molar-refractivity contribution is 7.10. The molecular formula is C16H18ClNOS. The predicted octanol–water partition coefficient (Wildman–Crippen LogP) is 4.21. The normalized spacial score (nSPS) is 14.9. The average molecular weight is 308 g/mol. The van der Waals surface area contributed by atoms with Crippen molar-refractivity contribution in [3.05, 3.63) is 50.2 Å². The molecule has 2 heterocycles. The molecule has 106 valence electrons. The molecule has 1 aliphatic rings. The zero-order valence-corrected chi connectivity index (χ0v) is 13.3. The molecule has 1 unspecified atom stereocenters. The second kappa shape index (κ2) is 5.76. The van der Waals surface area contributed by atoms with Crippen molar-refractivity contribution in [1.29, 1.82) is 0 Å². The Bertz CT molecular complexity index is 623. The predicted molar refractivity (Wildman–Crippen MR) is 85.3 cm³/mol. The van der Waals surface area contributed by atoms with E-state index in [1.165, 1.54) is 16.0 Å². The quantitative estimate of drug-likeness (QED) is 0.913. The third-order valence-electron chi connectivity index (χ3n) is 3.80. The largest absolute Gasteiger partial charge is 0.493 e. The Morgan fingerprint density at radius 1 is 1.45 bits per heavy atom. The van der Waals surface area contributed by atoms with Gasteiger partial charge >= 0.3 is 0 Å². The molecule has 1 N–H and O–H groups in total. The summed E-state index contributed by atoms with van der Waals surface area (Å²) in [6.07, 6.45) is 1.99. The molecule has 2 nitrogen and oxygen atoms in total. The summed E-state index contributed by atoms with van der Waals surface area (Å²) in [5, 5.41) is 6.37. The number of benzene rings is 1. The molecule has 0 amide bonds. The van der Waals surface area contributed by atoms with E-state index < -0.39 is 0 Å². The van der Waals surface area contributed by atoms with Crippen molar-refractivity contribution in [3.63, 3.8) is 0 Å². The van der Waals surface area contributed by atoms with Crippen LogP contribution in [-0.2, 0) is 12.8 Å². The van der Waals surface area contributed by atoms with E-state index in [4.69, 9.17) is 16.3 Å². The first-order chi connectivity index (χ1) is 9.74. The Morgan fingerprint density at radius 2 is 2.30 bits per heavy atom. The van der Waals surface area contributed by atoms with Gasteiger partial charge in [-0.1, -0.05) is 18.5 Å². The number of ether oxygens (including phenoxy) is 1. The lowest BCUT2D eigenvalue weighted by atomic mass is 9.98. The van der Waals surface area contributed by atoms with Crippen LogP contribution in [0.5, 0.6) is 5.75 Å². The highest BCUT2D eigenvalue weighted by atomic mass is 35.5. The Morgan fingerprint density at radius 3 is 3.05 bits per heavy atom. The summed E-state index contributed by atoms with van der Waals surface area (Å²) in [5.41, 5.74) is 3.77. The summed E-state index contributed by atoms with van der Waals surface area (Å²) in [5.74, 6) is 1.02. The first-order valence-electron chi connectivity index (χ1n) is 6.93. The Hall–Kier alpha value is -1.03. The molecule has 20 heavy (non-hydrogen) atoms. The van der Waals surface area contributed by atoms with Crippen molar-refractivity contribution >= 4 is 22.9 Å². The molecule has 0 spiro atoms. The van der Waals surface area contributed by atoms with E-state index in [0.29, 0.717) is 0 Å². The zero-order chi connectivity index (χ0) is 14.1. The van der Waals surface area contributed by atoms with Gasteiger partial charge in [0.2, 0.25) is 0 Å². The van der Waals surface area contributed by atoms with Crippen molar-refractivity contribution in [2.24, 2.45) is 0 Å². The molecule has 0 radical (unpaired) electrons. The zero-order valence-electron chi connectivity index (χ0n) is 11.7. The molecule has 1 aromatic carbocycles. The average Bonchev–Trinajstić information content (AvgIpc) is 3.07. The molecule has 1 aliphatic heterocycles. The number of nitrogens with one attached hydrogen (secondary N) is 1. The van der Waals surface area contributed by atoms with Crippen LogP contribution >= 0.6 is 22.9 Å². The van der Waals surface area contributed by atoms with Gasteiger partial charge in [0.05, 0.1) is 12.6 Å². The van der Waals surface area contributed by atoms with Gasteiger partial charge in [0.25, 0.3) is 0 Å². The van der Waals surface area contributed by atoms with Gasteiger partial charge in [-0.05, 0) is 48.2 Å². The van der Waals surface area contributed by atoms with Gasteiger partial charge in [-0.15, -0.1) is 11.3 Å². The van der Waals surface area contributed by atoms with E-state index in [9.17, 15) is 0 Å². The maximum absolute atomic E-state index is 6.28. The number of thiophene rings is 1. The molecule has 0 fully saturated rings. The summed E-state index contributed by atoms with van der Waals surface area (Å²) in [6, 6.07) is 6.41. The van der Waals surface area contributed by atoms with Gasteiger partial charge in [-0.2, -0.15) is 0 Å². The van der Waals surface area contributed by atoms with Crippen LogP contribution in [0.2, 0.25) is 5.02 Å². The number of rotatable bonds is 4. The number of halogens is 1. The maximum atomic E-state index is 6.28. The fourth-order valence-corrected chi connectivity index (χ4v) is 4.21. The van der Waals surface area contributed by atoms with Crippen molar-refractivity contribution in [1.82, 2.24) is 5.32 Å². The highest BCUT2D eigenvalue weighted by Gasteiger charge is 2.25. The number of hydrogen-bond acceptors (Lipinski definition) is 3. The number of fused-ring (bicyclic) bond motifs is 1. The molecule has 0 aliphatic carbocycles. The first kappa shape index (κ1) is 13.9. The molecule has 3 rings (SSSR count). The second-order valence-corrected chi connectivity index (χ2v) is 6.35. The SMILES string of the molecule is CCc1ccsc1C(NC)c1cc(Cl)cc2c1OCC2. The van der Waals surface area contributed by atoms with Crippen LogP contribution in [0.25, 0.3) is 0 Å². The van der Waals surface area contributed by atoms with E-state index >= 15 is 0 Å². The van der Waals surface area contributed by atoms with Crippen LogP contribution in [0.3, 0.4) is 0 Å². The van der Waals surface area contributed by atoms with Crippen LogP contribution < -0.4 is 10.1 Å². The second-order valence-electron chi connectivity index (χ2n) is 4.97. The van der Waals surface area contributed by atoms with Gasteiger partial charge in [-0.25, -0.2) is 0 Å². The minimum absolute atomic E-state index is 0.149. The summed E-state index contributed by atoms with van der Waals surface area (Å²) in [4.78, 5) is 1.36. The molecule has 0 saturated carbocycles. The Balaban J connectivity index is 2.11. The van der Waals surface area contributed by atoms with E-state index in [-0.39, 0.29) is 6.04 Å². The molecular weight excluding hydrogens is 290 g/mol. The summed E-state index contributed by atoms with van der Waals surface area (Å²) >= 11 is 8.08. The first-order valence-corrected chi connectivity index (χ1v) is 8.19. The van der Waals surface area contributed by atoms with Gasteiger partial charge in [0, 0.05) is 21.9 Å². The lowest BCUT2D eigenvalue weighted by Crippen LogP contribution is -2.18. The molecule has 1 aromatic heterocycles. The van der Waals surface area contributed by atoms with Gasteiger partial charge in [-0.3, -0.25) is 0 Å². The monoisotopic (exact) mass is 307 g/mol. The molecule has 0 saturated heterocycles. The highest BCUT2D eigenvalue weighted by Crippen LogP contribution is 2.40. The van der Waals surface area contributed by atoms with Crippen LogP contribution in [0, 0.1) is 0 Å². The van der Waals surface area contributed by atoms with E-state index in [0.717, 1.165) is 35.8 Å². The lowest BCUT2D eigenvalue weighted by Gasteiger charge is -2.20. The minimum atomic E-state index is 0.149. The van der Waals surface area contributed by atoms with E-state index in [1.54, 1.807) is 11.3 Å². The lowest BCUT2D eigenvalue weighted by molar-refractivity contribution is 0.351. The standard InChI is InChI=1S/C16H18ClNOS/c1-3-10-5-7-20-16(10)14(18-2)13-9-12(17)8-11-4-6-19-15(11)13/h5,7-9,14,18H,3-4,6H2,1-2H3. The van der Waals surface area contributed by atoms with Crippen molar-refractivity contribution in [2.45, 2.75) is 25.8 Å². The Kier molecular flexibility index (Phi) is 4.01. The van der Waals surface area contributed by atoms with Crippen LogP contribution in [0.15, 0.2) is 23.6 Å². The number of hydrogen-bond donors (Lipinski definition) is 1. The third kappa shape index (κ3) is 2.34. The molecule has 4 heteroatoms. The minimum Gasteiger partial charge on any atom is -0.493 e. The molecule has 0 bridgehead atoms. The summed E-state index contributed by atoms with van der Waals surface area (Å²) in [6.45, 7) is 2.95. The third-order valence-corrected chi connectivity index (χ3v) is 5.04. The van der Waals surface area contributed by atoms with Crippen molar-refractivity contribution in [3.8, 4) is 5.75 Å². The van der Waals surface area contributed by atoms with Crippen LogP contribution in [0.4, 0.5) is 0 Å². The molecule has 2 aromatic rings. The summed E-state index contributed by atoms with van der Waals surface area (Å²) < 4.78 is 5.84. The fourth-order valence-electron chi connectivity index (χ4n) is 2.83. The molecule has 1 atom stereocenters. The fraction of sp³-hybridized carbons (Fsp3) is 0.375. The van der Waals surface area contributed by atoms with Crippen molar-refractivity contribution in [2.75, 3.05) is 13.7 Å². The van der Waals surface area contributed by atoms with Crippen LogP contribution in [-0.4, -0.2) is 13.7 Å². The maximum Gasteiger partial charge on any atom is 0.127 e. The number of aryl methyl sites for hydroxylation is 1. The van der Waals surface area contributed by atoms with Crippen LogP contribution in [0.1, 0.15) is 34.5 Å². The van der Waals surface area contributed by atoms with E-state index in [1.807, 2.05) is 19.2 Å². The van der Waals surface area contributed by atoms with E-state index in [2.05, 4.69) is 23.7 Å². The van der Waals surface area contributed by atoms with Gasteiger partial charge < -0.3 is 10.1 Å².